The third-order valence-electron chi connectivity index (χ3n) is 6.83. The largest absolute Gasteiger partial charge is 0.480 e. The normalized spacial score (nSPS) is 18.2. The molecule has 36 heavy (non-hydrogen) atoms. The van der Waals surface area contributed by atoms with Crippen LogP contribution < -0.4 is 4.74 Å². The van der Waals surface area contributed by atoms with E-state index in [1.165, 1.54) is 0 Å². The number of halogens is 2. The molecule has 0 bridgehead atoms. The fourth-order valence-corrected chi connectivity index (χ4v) is 5.36. The lowest BCUT2D eigenvalue weighted by molar-refractivity contribution is -0.149. The summed E-state index contributed by atoms with van der Waals surface area (Å²) >= 11 is 13.1. The van der Waals surface area contributed by atoms with Gasteiger partial charge in [-0.2, -0.15) is 0 Å². The van der Waals surface area contributed by atoms with Crippen LogP contribution in [0.4, 0.5) is 0 Å². The van der Waals surface area contributed by atoms with Crippen molar-refractivity contribution < 1.29 is 28.6 Å². The Bertz CT molecular complexity index is 1190. The van der Waals surface area contributed by atoms with Gasteiger partial charge in [-0.15, -0.1) is 0 Å². The number of hydrogen-bond acceptors (Lipinski definition) is 6. The van der Waals surface area contributed by atoms with Crippen LogP contribution in [0.3, 0.4) is 0 Å². The van der Waals surface area contributed by atoms with Crippen LogP contribution in [0, 0.1) is 5.41 Å². The Labute approximate surface area is 220 Å². The molecule has 0 saturated heterocycles. The Kier molecular flexibility index (Phi) is 8.37. The molecule has 0 radical (unpaired) electrons. The highest BCUT2D eigenvalue weighted by Gasteiger charge is 2.44. The molecular formula is C28H28Cl2O6. The topological polar surface area (TPSA) is 78.9 Å². The second kappa shape index (κ2) is 11.5. The first kappa shape index (κ1) is 26.2. The van der Waals surface area contributed by atoms with Gasteiger partial charge < -0.3 is 14.2 Å². The summed E-state index contributed by atoms with van der Waals surface area (Å²) in [5.74, 6) is -0.527. The molecule has 0 spiro atoms. The van der Waals surface area contributed by atoms with Gasteiger partial charge in [-0.25, -0.2) is 4.79 Å². The van der Waals surface area contributed by atoms with E-state index in [0.717, 1.165) is 41.5 Å². The summed E-state index contributed by atoms with van der Waals surface area (Å²) in [4.78, 5) is 36.1. The van der Waals surface area contributed by atoms with Crippen LogP contribution in [0.15, 0.2) is 42.5 Å². The standard InChI is InChI=1S/C28H28Cl2O6/c1-2-28-11-10-20(31)14-21(28)25-19(15-28)13-22(26(29)27(25)30)35-17-24(33)34-12-6-9-23(32)36-16-18-7-4-3-5-8-18/h3-5,7-8,13-14H,2,6,9-12,15-17H2,1H3. The van der Waals surface area contributed by atoms with Crippen LogP contribution >= 0.6 is 23.2 Å². The van der Waals surface area contributed by atoms with E-state index in [1.54, 1.807) is 12.1 Å². The molecule has 4 rings (SSSR count). The van der Waals surface area contributed by atoms with Crippen molar-refractivity contribution in [1.29, 1.82) is 0 Å². The van der Waals surface area contributed by atoms with Crippen molar-refractivity contribution in [3.8, 4) is 5.75 Å². The van der Waals surface area contributed by atoms with Crippen molar-refractivity contribution >= 4 is 46.5 Å². The maximum absolute atomic E-state index is 12.2. The van der Waals surface area contributed by atoms with Crippen molar-refractivity contribution in [2.75, 3.05) is 13.2 Å². The van der Waals surface area contributed by atoms with Crippen LogP contribution in [-0.2, 0) is 36.9 Å². The number of ether oxygens (including phenoxy) is 3. The number of esters is 2. The molecule has 0 amide bonds. The van der Waals surface area contributed by atoms with E-state index < -0.39 is 5.97 Å². The third-order valence-corrected chi connectivity index (χ3v) is 7.68. The Morgan fingerprint density at radius 2 is 1.83 bits per heavy atom. The number of carbonyl (C=O) groups is 3. The van der Waals surface area contributed by atoms with Gasteiger partial charge in [0.2, 0.25) is 0 Å². The van der Waals surface area contributed by atoms with Crippen molar-refractivity contribution in [2.45, 2.75) is 52.1 Å². The van der Waals surface area contributed by atoms with Crippen LogP contribution in [0.25, 0.3) is 5.57 Å². The number of allylic oxidation sites excluding steroid dienone is 2. The molecule has 2 aliphatic rings. The Morgan fingerprint density at radius 3 is 2.58 bits per heavy atom. The van der Waals surface area contributed by atoms with Crippen molar-refractivity contribution in [2.24, 2.45) is 5.41 Å². The lowest BCUT2D eigenvalue weighted by Crippen LogP contribution is -2.24. The van der Waals surface area contributed by atoms with E-state index in [2.05, 4.69) is 6.92 Å². The molecule has 2 aromatic rings. The van der Waals surface area contributed by atoms with Gasteiger partial charge in [0.05, 0.1) is 11.6 Å². The number of rotatable bonds is 10. The molecule has 8 heteroatoms. The molecule has 0 fully saturated rings. The summed E-state index contributed by atoms with van der Waals surface area (Å²) in [6, 6.07) is 11.2. The van der Waals surface area contributed by atoms with Gasteiger partial charge in [-0.05, 0) is 54.5 Å². The Hall–Kier alpha value is -2.83. The van der Waals surface area contributed by atoms with Gasteiger partial charge in [-0.3, -0.25) is 9.59 Å². The molecule has 0 heterocycles. The van der Waals surface area contributed by atoms with Crippen molar-refractivity contribution in [3.05, 3.63) is 69.2 Å². The quantitative estimate of drug-likeness (QED) is 0.271. The van der Waals surface area contributed by atoms with Crippen LogP contribution in [0.1, 0.15) is 55.7 Å². The van der Waals surface area contributed by atoms with E-state index in [0.29, 0.717) is 23.6 Å². The second-order valence-corrected chi connectivity index (χ2v) is 9.89. The zero-order chi connectivity index (χ0) is 25.7. The fourth-order valence-electron chi connectivity index (χ4n) is 4.84. The van der Waals surface area contributed by atoms with Gasteiger partial charge in [0.15, 0.2) is 12.4 Å². The first-order valence-electron chi connectivity index (χ1n) is 12.1. The summed E-state index contributed by atoms with van der Waals surface area (Å²) in [5, 5.41) is 0.540. The highest BCUT2D eigenvalue weighted by molar-refractivity contribution is 6.44. The highest BCUT2D eigenvalue weighted by Crippen LogP contribution is 2.57. The second-order valence-electron chi connectivity index (χ2n) is 9.13. The molecule has 1 unspecified atom stereocenters. The minimum atomic E-state index is -0.577. The molecule has 190 valence electrons. The zero-order valence-electron chi connectivity index (χ0n) is 20.1. The maximum Gasteiger partial charge on any atom is 0.344 e. The van der Waals surface area contributed by atoms with Crippen molar-refractivity contribution in [3.63, 3.8) is 0 Å². The molecule has 0 aromatic heterocycles. The monoisotopic (exact) mass is 530 g/mol. The van der Waals surface area contributed by atoms with Gasteiger partial charge in [-0.1, -0.05) is 60.5 Å². The average Bonchev–Trinajstić information content (AvgIpc) is 3.21. The minimum Gasteiger partial charge on any atom is -0.480 e. The van der Waals surface area contributed by atoms with E-state index in [1.807, 2.05) is 30.3 Å². The summed E-state index contributed by atoms with van der Waals surface area (Å²) in [6.45, 7) is 2.06. The SMILES string of the molecule is CCC12CCC(=O)C=C1c1c(cc(OCC(=O)OCCCC(=O)OCc3ccccc3)c(Cl)c1Cl)C2. The van der Waals surface area contributed by atoms with E-state index in [4.69, 9.17) is 37.4 Å². The molecule has 0 N–H and O–H groups in total. The predicted molar refractivity (Wildman–Crippen MR) is 137 cm³/mol. The molecular weight excluding hydrogens is 503 g/mol. The van der Waals surface area contributed by atoms with E-state index >= 15 is 0 Å². The summed E-state index contributed by atoms with van der Waals surface area (Å²) in [7, 11) is 0. The Morgan fingerprint density at radius 1 is 1.06 bits per heavy atom. The first-order valence-corrected chi connectivity index (χ1v) is 12.8. The molecule has 2 aromatic carbocycles. The third kappa shape index (κ3) is 5.76. The molecule has 0 saturated carbocycles. The van der Waals surface area contributed by atoms with E-state index in [9.17, 15) is 14.4 Å². The number of benzene rings is 2. The van der Waals surface area contributed by atoms with Crippen LogP contribution in [0.2, 0.25) is 10.0 Å². The van der Waals surface area contributed by atoms with Gasteiger partial charge in [0, 0.05) is 23.8 Å². The van der Waals surface area contributed by atoms with Crippen LogP contribution in [-0.4, -0.2) is 30.9 Å². The number of carbonyl (C=O) groups excluding carboxylic acids is 3. The molecule has 6 nitrogen and oxygen atoms in total. The highest BCUT2D eigenvalue weighted by atomic mass is 35.5. The van der Waals surface area contributed by atoms with Gasteiger partial charge >= 0.3 is 11.9 Å². The smallest absolute Gasteiger partial charge is 0.344 e. The first-order chi connectivity index (χ1) is 17.3. The average molecular weight is 531 g/mol. The molecule has 1 atom stereocenters. The maximum atomic E-state index is 12.2. The van der Waals surface area contributed by atoms with Crippen LogP contribution in [0.5, 0.6) is 5.75 Å². The van der Waals surface area contributed by atoms with Gasteiger partial charge in [0.1, 0.15) is 17.4 Å². The fraction of sp³-hybridized carbons (Fsp3) is 0.393. The number of fused-ring (bicyclic) bond motifs is 3. The summed E-state index contributed by atoms with van der Waals surface area (Å²) in [6.07, 6.45) is 5.13. The molecule has 2 aliphatic carbocycles. The zero-order valence-corrected chi connectivity index (χ0v) is 21.6. The lowest BCUT2D eigenvalue weighted by atomic mass is 9.71. The summed E-state index contributed by atoms with van der Waals surface area (Å²) in [5.41, 5.74) is 3.52. The molecule has 0 aliphatic heterocycles. The van der Waals surface area contributed by atoms with Gasteiger partial charge in [0.25, 0.3) is 0 Å². The number of hydrogen-bond donors (Lipinski definition) is 0. The lowest BCUT2D eigenvalue weighted by Gasteiger charge is -2.32. The number of ketones is 1. The minimum absolute atomic E-state index is 0.0719. The van der Waals surface area contributed by atoms with E-state index in [-0.39, 0.29) is 48.4 Å². The Balaban J connectivity index is 1.26. The predicted octanol–water partition coefficient (Wildman–Crippen LogP) is 6.14. The summed E-state index contributed by atoms with van der Waals surface area (Å²) < 4.78 is 16.0. The van der Waals surface area contributed by atoms with Crippen molar-refractivity contribution in [1.82, 2.24) is 0 Å².